The van der Waals surface area contributed by atoms with Crippen LogP contribution in [0.4, 0.5) is 5.69 Å². The van der Waals surface area contributed by atoms with Crippen LogP contribution in [0.1, 0.15) is 36.5 Å². The van der Waals surface area contributed by atoms with Crippen molar-refractivity contribution in [2.75, 3.05) is 18.0 Å². The average Bonchev–Trinajstić information content (AvgIpc) is 3.36. The first-order valence-corrected chi connectivity index (χ1v) is 10.00. The quantitative estimate of drug-likeness (QED) is 0.599. The van der Waals surface area contributed by atoms with Gasteiger partial charge in [0, 0.05) is 18.7 Å². The van der Waals surface area contributed by atoms with Gasteiger partial charge in [0.15, 0.2) is 0 Å². The number of nitrogens with zero attached hydrogens (tertiary/aromatic N) is 2. The maximum atomic E-state index is 13.0. The Morgan fingerprint density at radius 3 is 2.26 bits per heavy atom. The minimum absolute atomic E-state index is 0.00947. The average molecular weight is 364 g/mol. The topological polar surface area (TPSA) is 57.7 Å². The van der Waals surface area contributed by atoms with Crippen molar-refractivity contribution in [2.24, 2.45) is 29.6 Å². The first-order chi connectivity index (χ1) is 13.0. The van der Waals surface area contributed by atoms with Gasteiger partial charge in [0.2, 0.25) is 11.8 Å². The maximum Gasteiger partial charge on any atom is 0.253 e. The summed E-state index contributed by atoms with van der Waals surface area (Å²) in [6, 6.07) is 7.03. The molecule has 3 fully saturated rings. The van der Waals surface area contributed by atoms with Gasteiger partial charge in [-0.2, -0.15) is 0 Å². The molecule has 1 saturated carbocycles. The van der Waals surface area contributed by atoms with Gasteiger partial charge in [-0.3, -0.25) is 14.4 Å². The SMILES string of the molecule is CC1CCN(C(=O)c2cccc(N3C(=O)[C@@H]4[C@H](C3=O)[C@@H]3C=C[C@H]4C3)c2)CC1. The molecule has 1 aromatic carbocycles. The van der Waals surface area contributed by atoms with Crippen LogP contribution in [-0.2, 0) is 9.59 Å². The number of likely N-dealkylation sites (tertiary alicyclic amines) is 1. The van der Waals surface area contributed by atoms with E-state index in [0.29, 0.717) is 17.2 Å². The molecule has 140 valence electrons. The highest BCUT2D eigenvalue weighted by atomic mass is 16.2. The van der Waals surface area contributed by atoms with Crippen molar-refractivity contribution in [2.45, 2.75) is 26.2 Å². The van der Waals surface area contributed by atoms with Crippen LogP contribution in [0.15, 0.2) is 36.4 Å². The van der Waals surface area contributed by atoms with Crippen molar-refractivity contribution in [3.8, 4) is 0 Å². The van der Waals surface area contributed by atoms with Gasteiger partial charge in [-0.15, -0.1) is 0 Å². The van der Waals surface area contributed by atoms with Crippen LogP contribution >= 0.6 is 0 Å². The highest BCUT2D eigenvalue weighted by molar-refractivity contribution is 6.23. The first kappa shape index (κ1) is 16.7. The minimum Gasteiger partial charge on any atom is -0.339 e. The van der Waals surface area contributed by atoms with E-state index in [0.717, 1.165) is 32.4 Å². The zero-order valence-electron chi connectivity index (χ0n) is 15.5. The Labute approximate surface area is 159 Å². The van der Waals surface area contributed by atoms with E-state index >= 15 is 0 Å². The van der Waals surface area contributed by atoms with Crippen LogP contribution in [0.3, 0.4) is 0 Å². The zero-order valence-corrected chi connectivity index (χ0v) is 15.5. The van der Waals surface area contributed by atoms with Gasteiger partial charge in [0.05, 0.1) is 17.5 Å². The van der Waals surface area contributed by atoms with E-state index in [9.17, 15) is 14.4 Å². The fourth-order valence-corrected chi connectivity index (χ4v) is 5.33. The molecule has 5 rings (SSSR count). The summed E-state index contributed by atoms with van der Waals surface area (Å²) in [5, 5.41) is 0. The number of amides is 3. The zero-order chi connectivity index (χ0) is 18.7. The molecule has 2 aliphatic carbocycles. The van der Waals surface area contributed by atoms with Crippen molar-refractivity contribution < 1.29 is 14.4 Å². The molecule has 2 heterocycles. The number of carbonyl (C=O) groups is 3. The Bertz CT molecular complexity index is 823. The van der Waals surface area contributed by atoms with Crippen molar-refractivity contribution in [3.05, 3.63) is 42.0 Å². The molecule has 2 saturated heterocycles. The van der Waals surface area contributed by atoms with Gasteiger partial charge in [-0.25, -0.2) is 4.90 Å². The number of allylic oxidation sites excluding steroid dienone is 2. The number of hydrogen-bond donors (Lipinski definition) is 0. The summed E-state index contributed by atoms with van der Waals surface area (Å²) in [7, 11) is 0. The monoisotopic (exact) mass is 364 g/mol. The summed E-state index contributed by atoms with van der Waals surface area (Å²) in [6.45, 7) is 3.75. The molecule has 0 radical (unpaired) electrons. The summed E-state index contributed by atoms with van der Waals surface area (Å²) in [5.74, 6) is 0.416. The molecular weight excluding hydrogens is 340 g/mol. The molecule has 0 unspecified atom stereocenters. The van der Waals surface area contributed by atoms with Crippen LogP contribution in [0.25, 0.3) is 0 Å². The largest absolute Gasteiger partial charge is 0.339 e. The molecular formula is C22H24N2O3. The number of benzene rings is 1. The molecule has 2 aliphatic heterocycles. The lowest BCUT2D eigenvalue weighted by Gasteiger charge is -2.30. The van der Waals surface area contributed by atoms with Crippen LogP contribution < -0.4 is 4.90 Å². The van der Waals surface area contributed by atoms with E-state index in [1.54, 1.807) is 24.3 Å². The maximum absolute atomic E-state index is 13.0. The molecule has 4 aliphatic rings. The van der Waals surface area contributed by atoms with Gasteiger partial charge in [-0.1, -0.05) is 25.1 Å². The van der Waals surface area contributed by atoms with E-state index in [2.05, 4.69) is 19.1 Å². The fourth-order valence-electron chi connectivity index (χ4n) is 5.33. The lowest BCUT2D eigenvalue weighted by Crippen LogP contribution is -2.38. The molecule has 0 N–H and O–H groups in total. The molecule has 4 atom stereocenters. The number of piperidine rings is 1. The predicted octanol–water partition coefficient (Wildman–Crippen LogP) is 2.87. The van der Waals surface area contributed by atoms with Gasteiger partial charge in [-0.05, 0) is 55.2 Å². The molecule has 2 bridgehead atoms. The highest BCUT2D eigenvalue weighted by Crippen LogP contribution is 2.53. The molecule has 5 nitrogen and oxygen atoms in total. The van der Waals surface area contributed by atoms with Gasteiger partial charge < -0.3 is 4.90 Å². The first-order valence-electron chi connectivity index (χ1n) is 10.00. The van der Waals surface area contributed by atoms with Crippen molar-refractivity contribution in [3.63, 3.8) is 0 Å². The fraction of sp³-hybridized carbons (Fsp3) is 0.500. The molecule has 5 heteroatoms. The minimum atomic E-state index is -0.213. The number of anilines is 1. The summed E-state index contributed by atoms with van der Waals surface area (Å²) in [4.78, 5) is 42.0. The normalized spacial score (nSPS) is 32.5. The third-order valence-electron chi connectivity index (χ3n) is 6.89. The second-order valence-corrected chi connectivity index (χ2v) is 8.54. The molecule has 0 spiro atoms. The second kappa shape index (κ2) is 6.04. The van der Waals surface area contributed by atoms with E-state index in [-0.39, 0.29) is 41.4 Å². The number of imide groups is 1. The molecule has 0 aromatic heterocycles. The molecule has 27 heavy (non-hydrogen) atoms. The van der Waals surface area contributed by atoms with E-state index in [4.69, 9.17) is 0 Å². The van der Waals surface area contributed by atoms with Gasteiger partial charge >= 0.3 is 0 Å². The summed E-state index contributed by atoms with van der Waals surface area (Å²) >= 11 is 0. The Morgan fingerprint density at radius 2 is 1.63 bits per heavy atom. The molecule has 3 amide bonds. The van der Waals surface area contributed by atoms with Crippen molar-refractivity contribution in [1.29, 1.82) is 0 Å². The Kier molecular flexibility index (Phi) is 3.74. The number of carbonyl (C=O) groups excluding carboxylic acids is 3. The summed E-state index contributed by atoms with van der Waals surface area (Å²) < 4.78 is 0. The van der Waals surface area contributed by atoms with Crippen molar-refractivity contribution in [1.82, 2.24) is 4.90 Å². The molecule has 1 aromatic rings. The number of rotatable bonds is 2. The Balaban J connectivity index is 1.41. The van der Waals surface area contributed by atoms with E-state index < -0.39 is 0 Å². The highest BCUT2D eigenvalue weighted by Gasteiger charge is 2.59. The standard InChI is InChI=1S/C22H24N2O3/c1-13-7-9-23(10-8-13)20(25)16-3-2-4-17(12-16)24-21(26)18-14-5-6-15(11-14)19(18)22(24)27/h2-6,12-15,18-19H,7-11H2,1H3/t14-,15+,18-,19+. The predicted molar refractivity (Wildman–Crippen MR) is 101 cm³/mol. The van der Waals surface area contributed by atoms with Crippen LogP contribution in [-0.4, -0.2) is 35.7 Å². The van der Waals surface area contributed by atoms with Gasteiger partial charge in [0.1, 0.15) is 0 Å². The van der Waals surface area contributed by atoms with E-state index in [1.807, 2.05) is 4.90 Å². The second-order valence-electron chi connectivity index (χ2n) is 8.54. The van der Waals surface area contributed by atoms with E-state index in [1.165, 1.54) is 4.90 Å². The lowest BCUT2D eigenvalue weighted by molar-refractivity contribution is -0.123. The van der Waals surface area contributed by atoms with Crippen LogP contribution in [0.2, 0.25) is 0 Å². The smallest absolute Gasteiger partial charge is 0.253 e. The third kappa shape index (κ3) is 2.47. The van der Waals surface area contributed by atoms with Crippen LogP contribution in [0, 0.1) is 29.6 Å². The Hall–Kier alpha value is -2.43. The number of hydrogen-bond acceptors (Lipinski definition) is 3. The lowest BCUT2D eigenvalue weighted by atomic mass is 9.85. The van der Waals surface area contributed by atoms with Crippen molar-refractivity contribution >= 4 is 23.4 Å². The summed E-state index contributed by atoms with van der Waals surface area (Å²) in [6.07, 6.45) is 7.16. The van der Waals surface area contributed by atoms with Crippen LogP contribution in [0.5, 0.6) is 0 Å². The Morgan fingerprint density at radius 1 is 1.00 bits per heavy atom. The third-order valence-corrected chi connectivity index (χ3v) is 6.89. The number of fused-ring (bicyclic) bond motifs is 5. The summed E-state index contributed by atoms with van der Waals surface area (Å²) in [5.41, 5.74) is 1.09. The van der Waals surface area contributed by atoms with Gasteiger partial charge in [0.25, 0.3) is 5.91 Å².